The molecule has 0 spiro atoms. The van der Waals surface area contributed by atoms with Gasteiger partial charge in [-0.2, -0.15) is 0 Å². The molecule has 0 aromatic carbocycles. The predicted octanol–water partition coefficient (Wildman–Crippen LogP) is 2.35. The normalized spacial score (nSPS) is 12.6. The Labute approximate surface area is 97.8 Å². The maximum atomic E-state index is 8.88. The van der Waals surface area contributed by atoms with E-state index in [1.54, 1.807) is 12.4 Å². The third-order valence-electron chi connectivity index (χ3n) is 3.02. The summed E-state index contributed by atoms with van der Waals surface area (Å²) in [6.07, 6.45) is 3.19. The van der Waals surface area contributed by atoms with Crippen LogP contribution in [-0.2, 0) is 6.61 Å². The van der Waals surface area contributed by atoms with Gasteiger partial charge in [0.25, 0.3) is 8.32 Å². The minimum atomic E-state index is -1.86. The van der Waals surface area contributed by atoms with Crippen molar-refractivity contribution in [3.05, 3.63) is 18.0 Å². The average Bonchev–Trinajstić information content (AvgIpc) is 2.16. The van der Waals surface area contributed by atoms with Gasteiger partial charge in [-0.25, -0.2) is 9.97 Å². The zero-order valence-corrected chi connectivity index (χ0v) is 11.6. The van der Waals surface area contributed by atoms with Crippen molar-refractivity contribution in [2.45, 2.75) is 45.5 Å². The van der Waals surface area contributed by atoms with E-state index in [2.05, 4.69) is 43.8 Å². The molecule has 0 unspecified atom stereocenters. The average molecular weight is 240 g/mol. The predicted molar refractivity (Wildman–Crippen MR) is 65.8 cm³/mol. The molecule has 5 heteroatoms. The lowest BCUT2D eigenvalue weighted by Crippen LogP contribution is -2.44. The second kappa shape index (κ2) is 4.51. The van der Waals surface area contributed by atoms with Crippen molar-refractivity contribution in [3.8, 4) is 6.01 Å². The van der Waals surface area contributed by atoms with Crippen LogP contribution in [0.4, 0.5) is 0 Å². The molecule has 0 saturated carbocycles. The van der Waals surface area contributed by atoms with E-state index in [0.717, 1.165) is 0 Å². The molecule has 0 saturated heterocycles. The van der Waals surface area contributed by atoms with Crippen LogP contribution in [0.15, 0.2) is 12.4 Å². The minimum Gasteiger partial charge on any atom is -0.517 e. The maximum Gasteiger partial charge on any atom is 0.302 e. The van der Waals surface area contributed by atoms with Gasteiger partial charge in [-0.05, 0) is 18.1 Å². The Morgan fingerprint density at radius 2 is 1.75 bits per heavy atom. The highest BCUT2D eigenvalue weighted by Crippen LogP contribution is 2.36. The standard InChI is InChI=1S/C11H20N2O2Si/c1-11(2,3)16(4,5)15-10-12-6-9(8-14)7-13-10/h6-7,14H,8H2,1-5H3. The summed E-state index contributed by atoms with van der Waals surface area (Å²) < 4.78 is 5.90. The first-order valence-corrected chi connectivity index (χ1v) is 8.28. The Bertz CT molecular complexity index is 344. The van der Waals surface area contributed by atoms with Gasteiger partial charge < -0.3 is 9.53 Å². The summed E-state index contributed by atoms with van der Waals surface area (Å²) in [5.41, 5.74) is 0.697. The lowest BCUT2D eigenvalue weighted by atomic mass is 10.2. The van der Waals surface area contributed by atoms with Crippen molar-refractivity contribution < 1.29 is 9.53 Å². The fraction of sp³-hybridized carbons (Fsp3) is 0.636. The van der Waals surface area contributed by atoms with E-state index in [0.29, 0.717) is 11.6 Å². The van der Waals surface area contributed by atoms with Gasteiger partial charge in [0, 0.05) is 18.0 Å². The van der Waals surface area contributed by atoms with Crippen molar-refractivity contribution in [2.24, 2.45) is 0 Å². The molecule has 0 radical (unpaired) electrons. The number of aromatic nitrogens is 2. The van der Waals surface area contributed by atoms with Crippen LogP contribution in [-0.4, -0.2) is 23.4 Å². The van der Waals surface area contributed by atoms with Crippen LogP contribution < -0.4 is 4.43 Å². The van der Waals surface area contributed by atoms with Gasteiger partial charge >= 0.3 is 6.01 Å². The molecule has 0 amide bonds. The maximum absolute atomic E-state index is 8.88. The van der Waals surface area contributed by atoms with Crippen LogP contribution in [0.3, 0.4) is 0 Å². The molecule has 0 fully saturated rings. The fourth-order valence-electron chi connectivity index (χ4n) is 0.859. The zero-order valence-electron chi connectivity index (χ0n) is 10.6. The molecule has 1 N–H and O–H groups in total. The number of aliphatic hydroxyl groups excluding tert-OH is 1. The van der Waals surface area contributed by atoms with Crippen molar-refractivity contribution in [3.63, 3.8) is 0 Å². The van der Waals surface area contributed by atoms with E-state index in [9.17, 15) is 0 Å². The molecule has 90 valence electrons. The summed E-state index contributed by atoms with van der Waals surface area (Å²) in [5.74, 6) is 0. The molecule has 0 aliphatic heterocycles. The lowest BCUT2D eigenvalue weighted by Gasteiger charge is -2.35. The lowest BCUT2D eigenvalue weighted by molar-refractivity contribution is 0.280. The third kappa shape index (κ3) is 3.02. The van der Waals surface area contributed by atoms with Gasteiger partial charge in [-0.1, -0.05) is 20.8 Å². The zero-order chi connectivity index (χ0) is 12.4. The molecule has 1 aromatic heterocycles. The quantitative estimate of drug-likeness (QED) is 0.824. The summed E-state index contributed by atoms with van der Waals surface area (Å²) in [6, 6.07) is 0.406. The van der Waals surface area contributed by atoms with Gasteiger partial charge in [0.05, 0.1) is 6.61 Å². The summed E-state index contributed by atoms with van der Waals surface area (Å²) in [4.78, 5) is 8.18. The van der Waals surface area contributed by atoms with Gasteiger partial charge in [-0.3, -0.25) is 0 Å². The molecule has 0 bridgehead atoms. The van der Waals surface area contributed by atoms with Crippen molar-refractivity contribution >= 4 is 8.32 Å². The minimum absolute atomic E-state index is 0.0413. The highest BCUT2D eigenvalue weighted by molar-refractivity contribution is 6.74. The SMILES string of the molecule is CC(C)(C)[Si](C)(C)Oc1ncc(CO)cn1. The van der Waals surface area contributed by atoms with Crippen molar-refractivity contribution in [2.75, 3.05) is 0 Å². The van der Waals surface area contributed by atoms with Gasteiger partial charge in [-0.15, -0.1) is 0 Å². The van der Waals surface area contributed by atoms with Crippen LogP contribution in [0.2, 0.25) is 18.1 Å². The fourth-order valence-corrected chi connectivity index (χ4v) is 1.73. The highest BCUT2D eigenvalue weighted by Gasteiger charge is 2.39. The van der Waals surface area contributed by atoms with Gasteiger partial charge in [0.1, 0.15) is 0 Å². The molecule has 4 nitrogen and oxygen atoms in total. The molecular formula is C11H20N2O2Si. The van der Waals surface area contributed by atoms with E-state index >= 15 is 0 Å². The Kier molecular flexibility index (Phi) is 3.70. The molecule has 1 aromatic rings. The van der Waals surface area contributed by atoms with Crippen LogP contribution in [0.5, 0.6) is 6.01 Å². The molecule has 1 rings (SSSR count). The number of aliphatic hydroxyl groups is 1. The second-order valence-electron chi connectivity index (χ2n) is 5.39. The van der Waals surface area contributed by atoms with Crippen LogP contribution >= 0.6 is 0 Å². The van der Waals surface area contributed by atoms with E-state index in [1.165, 1.54) is 0 Å². The van der Waals surface area contributed by atoms with E-state index in [1.807, 2.05) is 0 Å². The van der Waals surface area contributed by atoms with E-state index < -0.39 is 8.32 Å². The van der Waals surface area contributed by atoms with Gasteiger partial charge in [0.2, 0.25) is 0 Å². The smallest absolute Gasteiger partial charge is 0.302 e. The van der Waals surface area contributed by atoms with Crippen molar-refractivity contribution in [1.82, 2.24) is 9.97 Å². The van der Waals surface area contributed by atoms with E-state index in [4.69, 9.17) is 9.53 Å². The Morgan fingerprint density at radius 1 is 1.25 bits per heavy atom. The Morgan fingerprint density at radius 3 is 2.12 bits per heavy atom. The first-order valence-electron chi connectivity index (χ1n) is 5.37. The van der Waals surface area contributed by atoms with Crippen LogP contribution in [0.1, 0.15) is 26.3 Å². The molecule has 1 heterocycles. The molecular weight excluding hydrogens is 220 g/mol. The molecule has 16 heavy (non-hydrogen) atoms. The summed E-state index contributed by atoms with van der Waals surface area (Å²) in [5, 5.41) is 9.01. The third-order valence-corrected chi connectivity index (χ3v) is 7.32. The topological polar surface area (TPSA) is 55.2 Å². The first kappa shape index (κ1) is 13.1. The van der Waals surface area contributed by atoms with Crippen LogP contribution in [0, 0.1) is 0 Å². The Balaban J connectivity index is 2.80. The second-order valence-corrected chi connectivity index (χ2v) is 10.1. The number of hydrogen-bond donors (Lipinski definition) is 1. The Hall–Kier alpha value is -0.943. The molecule has 0 aliphatic rings. The first-order chi connectivity index (χ1) is 7.26. The van der Waals surface area contributed by atoms with Crippen LogP contribution in [0.25, 0.3) is 0 Å². The molecule has 0 atom stereocenters. The number of nitrogens with zero attached hydrogens (tertiary/aromatic N) is 2. The summed E-state index contributed by atoms with van der Waals surface area (Å²) >= 11 is 0. The summed E-state index contributed by atoms with van der Waals surface area (Å²) in [6.45, 7) is 10.8. The van der Waals surface area contributed by atoms with Crippen molar-refractivity contribution in [1.29, 1.82) is 0 Å². The van der Waals surface area contributed by atoms with E-state index in [-0.39, 0.29) is 11.6 Å². The largest absolute Gasteiger partial charge is 0.517 e. The monoisotopic (exact) mass is 240 g/mol. The summed E-state index contributed by atoms with van der Waals surface area (Å²) in [7, 11) is -1.86. The molecule has 0 aliphatic carbocycles. The number of rotatable bonds is 3. The van der Waals surface area contributed by atoms with Gasteiger partial charge in [0.15, 0.2) is 0 Å². The highest BCUT2D eigenvalue weighted by atomic mass is 28.4. The number of hydrogen-bond acceptors (Lipinski definition) is 4.